The molecular formula is C16H19ClF2N4O2. The molecule has 1 aromatic carbocycles. The smallest absolute Gasteiger partial charge is 0.232 e. The highest BCUT2D eigenvalue weighted by atomic mass is 35.5. The zero-order valence-electron chi connectivity index (χ0n) is 13.8. The van der Waals surface area contributed by atoms with Crippen LogP contribution in [0.2, 0.25) is 0 Å². The van der Waals surface area contributed by atoms with Crippen LogP contribution in [0, 0.1) is 11.6 Å². The van der Waals surface area contributed by atoms with Gasteiger partial charge in [-0.05, 0) is 26.1 Å². The molecule has 1 fully saturated rings. The van der Waals surface area contributed by atoms with E-state index in [1.165, 1.54) is 4.90 Å². The molecule has 2 aromatic rings. The van der Waals surface area contributed by atoms with E-state index < -0.39 is 11.6 Å². The zero-order valence-corrected chi connectivity index (χ0v) is 14.6. The van der Waals surface area contributed by atoms with E-state index in [9.17, 15) is 13.6 Å². The van der Waals surface area contributed by atoms with Gasteiger partial charge in [-0.15, -0.1) is 12.4 Å². The lowest BCUT2D eigenvalue weighted by Gasteiger charge is -2.16. The minimum atomic E-state index is -0.720. The average Bonchev–Trinajstić information content (AvgIpc) is 3.12. The van der Waals surface area contributed by atoms with Gasteiger partial charge in [0.15, 0.2) is 5.82 Å². The summed E-state index contributed by atoms with van der Waals surface area (Å²) in [5.74, 6) is -1.01. The normalized spacial score (nSPS) is 18.3. The summed E-state index contributed by atoms with van der Waals surface area (Å²) in [6.45, 7) is 2.25. The minimum Gasteiger partial charge on any atom is -0.339 e. The molecule has 1 aliphatic rings. The third-order valence-corrected chi connectivity index (χ3v) is 4.10. The Hall–Kier alpha value is -2.06. The van der Waals surface area contributed by atoms with Gasteiger partial charge in [-0.1, -0.05) is 5.16 Å². The summed E-state index contributed by atoms with van der Waals surface area (Å²) in [6.07, 6.45) is 0.779. The largest absolute Gasteiger partial charge is 0.339 e. The van der Waals surface area contributed by atoms with E-state index in [-0.39, 0.29) is 48.9 Å². The highest BCUT2D eigenvalue weighted by Gasteiger charge is 2.35. The summed E-state index contributed by atoms with van der Waals surface area (Å²) in [4.78, 5) is 17.9. The summed E-state index contributed by atoms with van der Waals surface area (Å²) in [5.41, 5.74) is 0.198. The molecule has 0 spiro atoms. The van der Waals surface area contributed by atoms with Crippen LogP contribution in [0.15, 0.2) is 22.7 Å². The Morgan fingerprint density at radius 3 is 2.68 bits per heavy atom. The highest BCUT2D eigenvalue weighted by molar-refractivity contribution is 5.96. The van der Waals surface area contributed by atoms with Crippen molar-refractivity contribution in [3.8, 4) is 0 Å². The molecular weight excluding hydrogens is 354 g/mol. The Bertz CT molecular complexity index is 735. The summed E-state index contributed by atoms with van der Waals surface area (Å²) in [7, 11) is 1.84. The molecule has 6 nitrogen and oxygen atoms in total. The van der Waals surface area contributed by atoms with Gasteiger partial charge in [0.05, 0.1) is 5.92 Å². The second-order valence-electron chi connectivity index (χ2n) is 5.98. The lowest BCUT2D eigenvalue weighted by molar-refractivity contribution is -0.117. The van der Waals surface area contributed by atoms with Gasteiger partial charge in [-0.3, -0.25) is 4.79 Å². The molecule has 1 amide bonds. The van der Waals surface area contributed by atoms with Crippen molar-refractivity contribution in [3.63, 3.8) is 0 Å². The number of hydrogen-bond acceptors (Lipinski definition) is 5. The summed E-state index contributed by atoms with van der Waals surface area (Å²) in [6, 6.07) is 3.25. The number of halogens is 3. The molecule has 2 atom stereocenters. The maximum Gasteiger partial charge on any atom is 0.232 e. The molecule has 0 saturated carbocycles. The summed E-state index contributed by atoms with van der Waals surface area (Å²) >= 11 is 0. The zero-order chi connectivity index (χ0) is 17.3. The molecule has 0 bridgehead atoms. The number of nitrogens with zero attached hydrogens (tertiary/aromatic N) is 3. The molecule has 2 unspecified atom stereocenters. The lowest BCUT2D eigenvalue weighted by atomic mass is 10.1. The van der Waals surface area contributed by atoms with Gasteiger partial charge in [0.1, 0.15) is 11.6 Å². The average molecular weight is 373 g/mol. The van der Waals surface area contributed by atoms with Crippen molar-refractivity contribution in [3.05, 3.63) is 41.5 Å². The van der Waals surface area contributed by atoms with Crippen molar-refractivity contribution in [1.82, 2.24) is 15.5 Å². The Labute approximate surface area is 150 Å². The number of benzene rings is 1. The molecule has 9 heteroatoms. The van der Waals surface area contributed by atoms with Gasteiger partial charge in [0, 0.05) is 37.2 Å². The van der Waals surface area contributed by atoms with Crippen molar-refractivity contribution in [2.45, 2.75) is 31.7 Å². The fourth-order valence-electron chi connectivity index (χ4n) is 2.71. The number of anilines is 1. The van der Waals surface area contributed by atoms with Crippen molar-refractivity contribution in [2.75, 3.05) is 18.5 Å². The predicted octanol–water partition coefficient (Wildman–Crippen LogP) is 2.44. The molecule has 1 N–H and O–H groups in total. The quantitative estimate of drug-likeness (QED) is 0.872. The Morgan fingerprint density at radius 2 is 2.04 bits per heavy atom. The number of hydrogen-bond donors (Lipinski definition) is 1. The lowest BCUT2D eigenvalue weighted by Crippen LogP contribution is -2.24. The van der Waals surface area contributed by atoms with E-state index in [1.54, 1.807) is 0 Å². The standard InChI is InChI=1S/C16H18F2N4O2.ClH/c1-9(19-2)3-14-20-16(24-21-14)10-4-15(23)22(8-10)13-6-11(17)5-12(18)7-13;/h5-7,9-10,19H,3-4,8H2,1-2H3;1H. The van der Waals surface area contributed by atoms with Gasteiger partial charge >= 0.3 is 0 Å². The van der Waals surface area contributed by atoms with Gasteiger partial charge in [0.2, 0.25) is 11.8 Å². The third-order valence-electron chi connectivity index (χ3n) is 4.10. The van der Waals surface area contributed by atoms with Crippen LogP contribution in [0.4, 0.5) is 14.5 Å². The first-order valence-electron chi connectivity index (χ1n) is 7.72. The first-order chi connectivity index (χ1) is 11.5. The van der Waals surface area contributed by atoms with E-state index in [0.717, 1.165) is 18.2 Å². The number of rotatable bonds is 5. The fourth-order valence-corrected chi connectivity index (χ4v) is 2.71. The molecule has 0 aliphatic carbocycles. The Balaban J connectivity index is 0.00000225. The SMILES string of the molecule is CNC(C)Cc1noc(C2CC(=O)N(c3cc(F)cc(F)c3)C2)n1.Cl. The number of amides is 1. The molecule has 1 saturated heterocycles. The number of carbonyl (C=O) groups excluding carboxylic acids is 1. The van der Waals surface area contributed by atoms with E-state index in [1.807, 2.05) is 14.0 Å². The summed E-state index contributed by atoms with van der Waals surface area (Å²) < 4.78 is 32.0. The maximum atomic E-state index is 13.4. The van der Waals surface area contributed by atoms with Crippen LogP contribution >= 0.6 is 12.4 Å². The van der Waals surface area contributed by atoms with Crippen LogP contribution in [0.25, 0.3) is 0 Å². The molecule has 136 valence electrons. The molecule has 2 heterocycles. The highest BCUT2D eigenvalue weighted by Crippen LogP contribution is 2.31. The topological polar surface area (TPSA) is 71.3 Å². The van der Waals surface area contributed by atoms with Crippen LogP contribution in [-0.2, 0) is 11.2 Å². The van der Waals surface area contributed by atoms with Gasteiger partial charge in [0.25, 0.3) is 0 Å². The molecule has 25 heavy (non-hydrogen) atoms. The minimum absolute atomic E-state index is 0. The van der Waals surface area contributed by atoms with E-state index in [4.69, 9.17) is 4.52 Å². The van der Waals surface area contributed by atoms with Crippen molar-refractivity contribution < 1.29 is 18.1 Å². The Morgan fingerprint density at radius 1 is 1.36 bits per heavy atom. The first kappa shape index (κ1) is 19.3. The third kappa shape index (κ3) is 4.32. The molecule has 0 radical (unpaired) electrons. The van der Waals surface area contributed by atoms with Crippen molar-refractivity contribution in [1.29, 1.82) is 0 Å². The number of likely N-dealkylation sites (N-methyl/N-ethyl adjacent to an activating group) is 1. The van der Waals surface area contributed by atoms with Gasteiger partial charge < -0.3 is 14.7 Å². The van der Waals surface area contributed by atoms with Crippen LogP contribution in [0.5, 0.6) is 0 Å². The van der Waals surface area contributed by atoms with Gasteiger partial charge in [-0.2, -0.15) is 4.98 Å². The second kappa shape index (κ2) is 7.88. The van der Waals surface area contributed by atoms with Gasteiger partial charge in [-0.25, -0.2) is 8.78 Å². The number of aromatic nitrogens is 2. The van der Waals surface area contributed by atoms with Crippen LogP contribution in [-0.4, -0.2) is 35.7 Å². The first-order valence-corrected chi connectivity index (χ1v) is 7.72. The maximum absolute atomic E-state index is 13.4. The molecule has 1 aliphatic heterocycles. The van der Waals surface area contributed by atoms with Crippen molar-refractivity contribution >= 4 is 24.0 Å². The predicted molar refractivity (Wildman–Crippen MR) is 89.8 cm³/mol. The fraction of sp³-hybridized carbons (Fsp3) is 0.438. The summed E-state index contributed by atoms with van der Waals surface area (Å²) in [5, 5.41) is 7.01. The van der Waals surface area contributed by atoms with Crippen LogP contribution in [0.3, 0.4) is 0 Å². The van der Waals surface area contributed by atoms with Crippen molar-refractivity contribution in [2.24, 2.45) is 0 Å². The van der Waals surface area contributed by atoms with Crippen LogP contribution in [0.1, 0.15) is 31.0 Å². The van der Waals surface area contributed by atoms with E-state index in [0.29, 0.717) is 18.1 Å². The number of nitrogens with one attached hydrogen (secondary N) is 1. The Kier molecular flexibility index (Phi) is 6.07. The van der Waals surface area contributed by atoms with E-state index >= 15 is 0 Å². The molecule has 1 aromatic heterocycles. The second-order valence-corrected chi connectivity index (χ2v) is 5.98. The monoisotopic (exact) mass is 372 g/mol. The van der Waals surface area contributed by atoms with E-state index in [2.05, 4.69) is 15.5 Å². The molecule has 3 rings (SSSR count). The van der Waals surface area contributed by atoms with Crippen LogP contribution < -0.4 is 10.2 Å². The number of carbonyl (C=O) groups is 1.